The van der Waals surface area contributed by atoms with Gasteiger partial charge in [0, 0.05) is 62.5 Å². The molecular formula is C54H33NOS2. The zero-order chi connectivity index (χ0) is 38.2. The lowest BCUT2D eigenvalue weighted by Crippen LogP contribution is -2.10. The van der Waals surface area contributed by atoms with Gasteiger partial charge in [0.15, 0.2) is 5.58 Å². The van der Waals surface area contributed by atoms with E-state index in [4.69, 9.17) is 4.42 Å². The Morgan fingerprint density at radius 3 is 1.28 bits per heavy atom. The monoisotopic (exact) mass is 775 g/mol. The minimum absolute atomic E-state index is 0.871. The standard InChI is InChI=1S/C54H33NOS2/c1-4-13-49-42(8-1)45-11-7-12-48(54(45)56-49)55(41-28-22-37(23-29-41)39-25-31-53-47(33-39)44-10-3-6-15-51(44)58-53)40-26-20-35(21-27-40)34-16-18-36(19-17-34)38-24-30-52-46(32-38)43-9-2-5-14-50(43)57-52/h1-33H. The van der Waals surface area contributed by atoms with E-state index >= 15 is 0 Å². The molecule has 272 valence electrons. The number of thiophene rings is 2. The molecule has 3 heterocycles. The summed E-state index contributed by atoms with van der Waals surface area (Å²) in [5.41, 5.74) is 12.1. The van der Waals surface area contributed by atoms with Gasteiger partial charge in [-0.25, -0.2) is 0 Å². The highest BCUT2D eigenvalue weighted by Crippen LogP contribution is 2.44. The van der Waals surface area contributed by atoms with E-state index in [2.05, 4.69) is 193 Å². The summed E-state index contributed by atoms with van der Waals surface area (Å²) in [7, 11) is 0. The van der Waals surface area contributed by atoms with E-state index in [1.54, 1.807) is 0 Å². The molecule has 0 unspecified atom stereocenters. The van der Waals surface area contributed by atoms with Gasteiger partial charge in [0.1, 0.15) is 5.58 Å². The lowest BCUT2D eigenvalue weighted by molar-refractivity contribution is 0.669. The molecule has 4 heteroatoms. The first-order valence-corrected chi connectivity index (χ1v) is 21.2. The smallest absolute Gasteiger partial charge is 0.159 e. The summed E-state index contributed by atoms with van der Waals surface area (Å²) in [4.78, 5) is 2.32. The molecule has 0 radical (unpaired) electrons. The molecule has 0 fully saturated rings. The molecule has 0 N–H and O–H groups in total. The number of anilines is 3. The van der Waals surface area contributed by atoms with Crippen LogP contribution in [0.3, 0.4) is 0 Å². The first kappa shape index (κ1) is 33.2. The van der Waals surface area contributed by atoms with Gasteiger partial charge >= 0.3 is 0 Å². The van der Waals surface area contributed by atoms with Crippen LogP contribution in [0.5, 0.6) is 0 Å². The van der Waals surface area contributed by atoms with Gasteiger partial charge < -0.3 is 9.32 Å². The maximum atomic E-state index is 6.61. The minimum Gasteiger partial charge on any atom is -0.454 e. The van der Waals surface area contributed by atoms with Gasteiger partial charge in [0.25, 0.3) is 0 Å². The van der Waals surface area contributed by atoms with Crippen LogP contribution in [-0.4, -0.2) is 0 Å². The summed E-state index contributed by atoms with van der Waals surface area (Å²) in [5.74, 6) is 0. The number of benzene rings is 9. The zero-order valence-electron chi connectivity index (χ0n) is 31.2. The van der Waals surface area contributed by atoms with Crippen LogP contribution in [0.25, 0.3) is 95.7 Å². The number of rotatable bonds is 6. The van der Waals surface area contributed by atoms with Crippen molar-refractivity contribution in [3.05, 3.63) is 200 Å². The molecule has 0 spiro atoms. The molecule has 0 saturated carbocycles. The summed E-state index contributed by atoms with van der Waals surface area (Å²) >= 11 is 3.71. The second-order valence-corrected chi connectivity index (χ2v) is 17.0. The van der Waals surface area contributed by atoms with E-state index in [1.165, 1.54) is 73.7 Å². The Labute approximate surface area is 343 Å². The van der Waals surface area contributed by atoms with Gasteiger partial charge in [-0.15, -0.1) is 22.7 Å². The molecule has 3 aromatic heterocycles. The molecule has 12 rings (SSSR count). The van der Waals surface area contributed by atoms with Crippen molar-refractivity contribution in [1.82, 2.24) is 0 Å². The molecule has 0 aliphatic carbocycles. The molecule has 0 amide bonds. The van der Waals surface area contributed by atoms with E-state index in [-0.39, 0.29) is 0 Å². The van der Waals surface area contributed by atoms with E-state index in [9.17, 15) is 0 Å². The fraction of sp³-hybridized carbons (Fsp3) is 0. The van der Waals surface area contributed by atoms with Crippen LogP contribution in [0.1, 0.15) is 0 Å². The number of fused-ring (bicyclic) bond motifs is 9. The lowest BCUT2D eigenvalue weighted by Gasteiger charge is -2.26. The predicted octanol–water partition coefficient (Wildman–Crippen LogP) is 16.8. The Kier molecular flexibility index (Phi) is 7.62. The van der Waals surface area contributed by atoms with Gasteiger partial charge in [-0.3, -0.25) is 0 Å². The van der Waals surface area contributed by atoms with Crippen molar-refractivity contribution in [2.75, 3.05) is 4.90 Å². The van der Waals surface area contributed by atoms with Crippen LogP contribution >= 0.6 is 22.7 Å². The Morgan fingerprint density at radius 2 is 0.724 bits per heavy atom. The molecule has 2 nitrogen and oxygen atoms in total. The van der Waals surface area contributed by atoms with Crippen LogP contribution in [0.4, 0.5) is 17.1 Å². The average molecular weight is 776 g/mol. The maximum Gasteiger partial charge on any atom is 0.159 e. The first-order valence-electron chi connectivity index (χ1n) is 19.6. The molecule has 0 saturated heterocycles. The summed E-state index contributed by atoms with van der Waals surface area (Å²) in [6.07, 6.45) is 0. The summed E-state index contributed by atoms with van der Waals surface area (Å²) in [6.45, 7) is 0. The van der Waals surface area contributed by atoms with Crippen LogP contribution in [0.15, 0.2) is 205 Å². The fourth-order valence-corrected chi connectivity index (χ4v) is 10.8. The molecule has 12 aromatic rings. The predicted molar refractivity (Wildman–Crippen MR) is 250 cm³/mol. The highest BCUT2D eigenvalue weighted by Gasteiger charge is 2.20. The third kappa shape index (κ3) is 5.45. The van der Waals surface area contributed by atoms with Crippen molar-refractivity contribution in [2.24, 2.45) is 0 Å². The van der Waals surface area contributed by atoms with E-state index in [0.717, 1.165) is 39.0 Å². The van der Waals surface area contributed by atoms with Gasteiger partial charge in [0.05, 0.1) is 5.69 Å². The molecule has 0 aliphatic heterocycles. The van der Waals surface area contributed by atoms with E-state index in [0.29, 0.717) is 0 Å². The number of hydrogen-bond acceptors (Lipinski definition) is 4. The second-order valence-electron chi connectivity index (χ2n) is 14.9. The number of furan rings is 1. The Balaban J connectivity index is 0.910. The maximum absolute atomic E-state index is 6.61. The molecule has 0 bridgehead atoms. The van der Waals surface area contributed by atoms with Crippen molar-refractivity contribution in [3.63, 3.8) is 0 Å². The van der Waals surface area contributed by atoms with Crippen molar-refractivity contribution in [3.8, 4) is 33.4 Å². The lowest BCUT2D eigenvalue weighted by atomic mass is 9.99. The normalized spacial score (nSPS) is 11.8. The number of nitrogens with zero attached hydrogens (tertiary/aromatic N) is 1. The molecule has 58 heavy (non-hydrogen) atoms. The highest BCUT2D eigenvalue weighted by atomic mass is 32.1. The summed E-state index contributed by atoms with van der Waals surface area (Å²) in [6, 6.07) is 72.6. The Morgan fingerprint density at radius 1 is 0.310 bits per heavy atom. The molecule has 0 atom stereocenters. The third-order valence-electron chi connectivity index (χ3n) is 11.5. The first-order chi connectivity index (χ1) is 28.7. The largest absolute Gasteiger partial charge is 0.454 e. The highest BCUT2D eigenvalue weighted by molar-refractivity contribution is 7.26. The van der Waals surface area contributed by atoms with E-state index in [1.807, 2.05) is 34.8 Å². The van der Waals surface area contributed by atoms with Gasteiger partial charge in [0.2, 0.25) is 0 Å². The molecule has 9 aromatic carbocycles. The number of para-hydroxylation sites is 2. The van der Waals surface area contributed by atoms with Crippen molar-refractivity contribution >= 4 is 102 Å². The van der Waals surface area contributed by atoms with Crippen molar-refractivity contribution in [2.45, 2.75) is 0 Å². The van der Waals surface area contributed by atoms with Crippen LogP contribution in [-0.2, 0) is 0 Å². The zero-order valence-corrected chi connectivity index (χ0v) is 32.9. The van der Waals surface area contributed by atoms with Gasteiger partial charge in [-0.05, 0) is 106 Å². The topological polar surface area (TPSA) is 16.4 Å². The second kappa shape index (κ2) is 13.3. The molecule has 0 aliphatic rings. The quantitative estimate of drug-likeness (QED) is 0.167. The van der Waals surface area contributed by atoms with Gasteiger partial charge in [-0.1, -0.05) is 127 Å². The summed E-state index contributed by atoms with van der Waals surface area (Å²) < 4.78 is 11.9. The average Bonchev–Trinajstić information content (AvgIpc) is 3.98. The Bertz CT molecular complexity index is 3500. The van der Waals surface area contributed by atoms with Crippen LogP contribution in [0, 0.1) is 0 Å². The van der Waals surface area contributed by atoms with Crippen molar-refractivity contribution in [1.29, 1.82) is 0 Å². The van der Waals surface area contributed by atoms with Gasteiger partial charge in [-0.2, -0.15) is 0 Å². The Hall–Kier alpha value is -6.98. The van der Waals surface area contributed by atoms with Crippen molar-refractivity contribution < 1.29 is 4.42 Å². The molecular weight excluding hydrogens is 743 g/mol. The van der Waals surface area contributed by atoms with Crippen LogP contribution in [0.2, 0.25) is 0 Å². The SMILES string of the molecule is c1ccc2c(c1)oc1c(N(c3ccc(-c4ccc(-c5ccc6sc7ccccc7c6c5)cc4)cc3)c3ccc(-c4ccc5sc6ccccc6c5c4)cc3)cccc12. The minimum atomic E-state index is 0.871. The number of hydrogen-bond donors (Lipinski definition) is 0. The van der Waals surface area contributed by atoms with Crippen LogP contribution < -0.4 is 4.90 Å². The summed E-state index contributed by atoms with van der Waals surface area (Å²) in [5, 5.41) is 7.50. The van der Waals surface area contributed by atoms with E-state index < -0.39 is 0 Å². The fourth-order valence-electron chi connectivity index (χ4n) is 8.61. The third-order valence-corrected chi connectivity index (χ3v) is 13.8.